The van der Waals surface area contributed by atoms with Crippen molar-refractivity contribution < 1.29 is 14.6 Å². The fraction of sp³-hybridized carbons (Fsp3) is 0.375. The highest BCUT2D eigenvalue weighted by Crippen LogP contribution is 2.10. The molecule has 1 aromatic rings. The van der Waals surface area contributed by atoms with Gasteiger partial charge in [-0.05, 0) is 6.07 Å². The molecule has 0 aliphatic heterocycles. The summed E-state index contributed by atoms with van der Waals surface area (Å²) in [5.41, 5.74) is 0. The molecule has 1 N–H and O–H groups in total. The van der Waals surface area contributed by atoms with E-state index >= 15 is 0 Å². The third-order valence-electron chi connectivity index (χ3n) is 1.47. The van der Waals surface area contributed by atoms with E-state index < -0.39 is 12.1 Å². The molecule has 70 valence electrons. The molecule has 1 atom stereocenters. The number of carbonyl (C=O) groups excluding carboxylic acids is 1. The number of ether oxygens (including phenoxy) is 1. The lowest BCUT2D eigenvalue weighted by Gasteiger charge is -2.06. The van der Waals surface area contributed by atoms with Gasteiger partial charge >= 0.3 is 5.97 Å². The molecule has 5 nitrogen and oxygen atoms in total. The molecule has 0 saturated heterocycles. The second-order valence-electron chi connectivity index (χ2n) is 2.40. The summed E-state index contributed by atoms with van der Waals surface area (Å²) in [6, 6.07) is 1.63. The molecule has 13 heavy (non-hydrogen) atoms. The Morgan fingerprint density at radius 1 is 1.62 bits per heavy atom. The van der Waals surface area contributed by atoms with Gasteiger partial charge in [-0.3, -0.25) is 4.79 Å². The van der Waals surface area contributed by atoms with Crippen molar-refractivity contribution >= 4 is 5.97 Å². The number of nitrogens with zero attached hydrogens (tertiary/aromatic N) is 2. The third kappa shape index (κ3) is 2.79. The van der Waals surface area contributed by atoms with Crippen LogP contribution in [0, 0.1) is 0 Å². The quantitative estimate of drug-likeness (QED) is 0.670. The van der Waals surface area contributed by atoms with Gasteiger partial charge in [-0.15, -0.1) is 0 Å². The van der Waals surface area contributed by atoms with E-state index in [1.54, 1.807) is 6.07 Å². The van der Waals surface area contributed by atoms with Crippen LogP contribution in [0.4, 0.5) is 0 Å². The molecule has 0 unspecified atom stereocenters. The summed E-state index contributed by atoms with van der Waals surface area (Å²) in [7, 11) is 1.26. The highest BCUT2D eigenvalue weighted by atomic mass is 16.5. The minimum Gasteiger partial charge on any atom is -0.469 e. The van der Waals surface area contributed by atoms with Crippen molar-refractivity contribution in [3.05, 3.63) is 24.3 Å². The van der Waals surface area contributed by atoms with Crippen LogP contribution in [0.15, 0.2) is 18.5 Å². The number of methoxy groups -OCH3 is 1. The standard InChI is InChI=1S/C8H10N2O3/c1-13-7(12)5-6(11)8-9-3-2-4-10-8/h2-4,6,11H,5H2,1H3/t6-/m1/s1. The van der Waals surface area contributed by atoms with E-state index in [1.807, 2.05) is 0 Å². The van der Waals surface area contributed by atoms with E-state index in [2.05, 4.69) is 14.7 Å². The zero-order valence-electron chi connectivity index (χ0n) is 7.17. The molecule has 0 radical (unpaired) electrons. The average Bonchev–Trinajstić information content (AvgIpc) is 2.19. The van der Waals surface area contributed by atoms with E-state index in [0.29, 0.717) is 0 Å². The summed E-state index contributed by atoms with van der Waals surface area (Å²) in [4.78, 5) is 18.4. The predicted molar refractivity (Wildman–Crippen MR) is 43.6 cm³/mol. The van der Waals surface area contributed by atoms with Crippen molar-refractivity contribution in [3.63, 3.8) is 0 Å². The van der Waals surface area contributed by atoms with E-state index in [1.165, 1.54) is 19.5 Å². The second-order valence-corrected chi connectivity index (χ2v) is 2.40. The number of aromatic nitrogens is 2. The van der Waals surface area contributed by atoms with E-state index in [4.69, 9.17) is 0 Å². The van der Waals surface area contributed by atoms with Gasteiger partial charge in [0.1, 0.15) is 6.10 Å². The Hall–Kier alpha value is -1.49. The first kappa shape index (κ1) is 9.60. The van der Waals surface area contributed by atoms with Crippen molar-refractivity contribution in [1.29, 1.82) is 0 Å². The van der Waals surface area contributed by atoms with Crippen molar-refractivity contribution in [2.45, 2.75) is 12.5 Å². The minimum atomic E-state index is -0.992. The monoisotopic (exact) mass is 182 g/mol. The van der Waals surface area contributed by atoms with Crippen molar-refractivity contribution in [1.82, 2.24) is 9.97 Å². The number of aliphatic hydroxyl groups excluding tert-OH is 1. The molecule has 1 heterocycles. The fourth-order valence-corrected chi connectivity index (χ4v) is 0.815. The maximum atomic E-state index is 10.8. The van der Waals surface area contributed by atoms with Gasteiger partial charge in [-0.2, -0.15) is 0 Å². The lowest BCUT2D eigenvalue weighted by atomic mass is 10.2. The van der Waals surface area contributed by atoms with Gasteiger partial charge in [0, 0.05) is 12.4 Å². The second kappa shape index (κ2) is 4.51. The molecule has 0 fully saturated rings. The zero-order chi connectivity index (χ0) is 9.68. The Morgan fingerprint density at radius 2 is 2.23 bits per heavy atom. The van der Waals surface area contributed by atoms with Gasteiger partial charge in [0.2, 0.25) is 0 Å². The third-order valence-corrected chi connectivity index (χ3v) is 1.47. The summed E-state index contributed by atoms with van der Waals surface area (Å²) in [6.45, 7) is 0. The Morgan fingerprint density at radius 3 is 2.77 bits per heavy atom. The SMILES string of the molecule is COC(=O)C[C@@H](O)c1ncccn1. The molecule has 0 amide bonds. The van der Waals surface area contributed by atoms with Crippen molar-refractivity contribution in [2.24, 2.45) is 0 Å². The summed E-state index contributed by atoms with van der Waals surface area (Å²) >= 11 is 0. The molecule has 0 aliphatic carbocycles. The number of hydrogen-bond donors (Lipinski definition) is 1. The largest absolute Gasteiger partial charge is 0.469 e. The summed E-state index contributed by atoms with van der Waals surface area (Å²) in [5.74, 6) is -0.257. The van der Waals surface area contributed by atoms with E-state index in [0.717, 1.165) is 0 Å². The van der Waals surface area contributed by atoms with Gasteiger partial charge in [0.05, 0.1) is 13.5 Å². The van der Waals surface area contributed by atoms with Crippen LogP contribution in [0.25, 0.3) is 0 Å². The number of hydrogen-bond acceptors (Lipinski definition) is 5. The lowest BCUT2D eigenvalue weighted by molar-refractivity contribution is -0.143. The molecular formula is C8H10N2O3. The minimum absolute atomic E-state index is 0.124. The average molecular weight is 182 g/mol. The predicted octanol–water partition coefficient (Wildman–Crippen LogP) is 0.0731. The molecule has 0 aromatic carbocycles. The van der Waals surface area contributed by atoms with Crippen LogP contribution in [-0.2, 0) is 9.53 Å². The number of aliphatic hydroxyl groups is 1. The molecular weight excluding hydrogens is 172 g/mol. The Balaban J connectivity index is 2.59. The summed E-state index contributed by atoms with van der Waals surface area (Å²) < 4.78 is 4.39. The molecule has 0 saturated carbocycles. The Kier molecular flexibility index (Phi) is 3.33. The van der Waals surface area contributed by atoms with Gasteiger partial charge in [-0.25, -0.2) is 9.97 Å². The van der Waals surface area contributed by atoms with Gasteiger partial charge in [0.25, 0.3) is 0 Å². The molecule has 0 aliphatic rings. The topological polar surface area (TPSA) is 72.3 Å². The van der Waals surface area contributed by atoms with Crippen LogP contribution >= 0.6 is 0 Å². The van der Waals surface area contributed by atoms with Gasteiger partial charge in [0.15, 0.2) is 5.82 Å². The smallest absolute Gasteiger partial charge is 0.308 e. The normalized spacial score (nSPS) is 12.2. The molecule has 0 bridgehead atoms. The van der Waals surface area contributed by atoms with Crippen LogP contribution < -0.4 is 0 Å². The molecule has 1 rings (SSSR count). The molecule has 0 spiro atoms. The number of carbonyl (C=O) groups is 1. The maximum Gasteiger partial charge on any atom is 0.308 e. The van der Waals surface area contributed by atoms with E-state index in [-0.39, 0.29) is 12.2 Å². The maximum absolute atomic E-state index is 10.8. The van der Waals surface area contributed by atoms with Crippen LogP contribution in [0.5, 0.6) is 0 Å². The fourth-order valence-electron chi connectivity index (χ4n) is 0.815. The number of rotatable bonds is 3. The zero-order valence-corrected chi connectivity index (χ0v) is 7.17. The Bertz CT molecular complexity index is 276. The summed E-state index contributed by atoms with van der Waals surface area (Å²) in [6.07, 6.45) is 1.89. The van der Waals surface area contributed by atoms with E-state index in [9.17, 15) is 9.90 Å². The van der Waals surface area contributed by atoms with Crippen molar-refractivity contribution in [2.75, 3.05) is 7.11 Å². The first-order chi connectivity index (χ1) is 6.24. The van der Waals surface area contributed by atoms with Crippen LogP contribution in [0.2, 0.25) is 0 Å². The van der Waals surface area contributed by atoms with Crippen LogP contribution in [-0.4, -0.2) is 28.2 Å². The Labute approximate surface area is 75.4 Å². The van der Waals surface area contributed by atoms with Crippen LogP contribution in [0.1, 0.15) is 18.3 Å². The first-order valence-corrected chi connectivity index (χ1v) is 3.76. The highest BCUT2D eigenvalue weighted by Gasteiger charge is 2.14. The number of esters is 1. The molecule has 5 heteroatoms. The molecule has 1 aromatic heterocycles. The highest BCUT2D eigenvalue weighted by molar-refractivity contribution is 5.69. The first-order valence-electron chi connectivity index (χ1n) is 3.76. The van der Waals surface area contributed by atoms with Gasteiger partial charge < -0.3 is 9.84 Å². The summed E-state index contributed by atoms with van der Waals surface area (Å²) in [5, 5.41) is 9.40. The van der Waals surface area contributed by atoms with Crippen molar-refractivity contribution in [3.8, 4) is 0 Å². The lowest BCUT2D eigenvalue weighted by Crippen LogP contribution is -2.10. The van der Waals surface area contributed by atoms with Crippen LogP contribution in [0.3, 0.4) is 0 Å². The van der Waals surface area contributed by atoms with Gasteiger partial charge in [-0.1, -0.05) is 0 Å².